The molecule has 2 heterocycles. The number of aryl methyl sites for hydroxylation is 2. The Hall–Kier alpha value is -3.05. The highest BCUT2D eigenvalue weighted by molar-refractivity contribution is 5.96. The number of alkyl halides is 6. The zero-order valence-corrected chi connectivity index (χ0v) is 15.2. The van der Waals surface area contributed by atoms with Gasteiger partial charge in [-0.2, -0.15) is 26.3 Å². The third-order valence-corrected chi connectivity index (χ3v) is 4.68. The summed E-state index contributed by atoms with van der Waals surface area (Å²) in [5, 5.41) is 2.23. The molecule has 0 bridgehead atoms. The number of anilines is 1. The van der Waals surface area contributed by atoms with Gasteiger partial charge in [-0.25, -0.2) is 14.4 Å². The summed E-state index contributed by atoms with van der Waals surface area (Å²) < 4.78 is 83.3. The predicted octanol–water partition coefficient (Wildman–Crippen LogP) is 3.31. The average Bonchev–Trinajstić information content (AvgIpc) is 2.54. The van der Waals surface area contributed by atoms with Crippen molar-refractivity contribution in [2.75, 3.05) is 5.32 Å². The fourth-order valence-electron chi connectivity index (χ4n) is 3.18. The minimum atomic E-state index is -6.00. The first kappa shape index (κ1) is 20.7. The lowest BCUT2D eigenvalue weighted by molar-refractivity contribution is -0.301. The molecule has 0 atom stereocenters. The summed E-state index contributed by atoms with van der Waals surface area (Å²) >= 11 is 0. The van der Waals surface area contributed by atoms with Crippen LogP contribution in [0.1, 0.15) is 23.6 Å². The molecule has 1 aliphatic heterocycles. The molecular weight excluding hydrogens is 406 g/mol. The third kappa shape index (κ3) is 2.93. The first-order valence-corrected chi connectivity index (χ1v) is 8.15. The minimum absolute atomic E-state index is 0.0222. The van der Waals surface area contributed by atoms with E-state index in [0.717, 1.165) is 12.5 Å². The molecule has 0 fully saturated rings. The van der Waals surface area contributed by atoms with Crippen LogP contribution in [0.3, 0.4) is 0 Å². The van der Waals surface area contributed by atoms with Crippen LogP contribution in [0, 0.1) is 13.8 Å². The molecule has 3 rings (SSSR count). The molecule has 0 radical (unpaired) electrons. The fraction of sp³-hybridized carbons (Fsp3) is 0.353. The zero-order valence-electron chi connectivity index (χ0n) is 15.2. The maximum absolute atomic E-state index is 13.8. The molecule has 0 saturated carbocycles. The van der Waals surface area contributed by atoms with Crippen LogP contribution in [0.15, 0.2) is 32.8 Å². The summed E-state index contributed by atoms with van der Waals surface area (Å²) in [7, 11) is 0. The number of benzene rings is 1. The van der Waals surface area contributed by atoms with E-state index >= 15 is 0 Å². The van der Waals surface area contributed by atoms with Crippen LogP contribution < -0.4 is 16.6 Å². The van der Waals surface area contributed by atoms with Crippen LogP contribution in [0.25, 0.3) is 5.69 Å². The van der Waals surface area contributed by atoms with Crippen molar-refractivity contribution < 1.29 is 26.3 Å². The summed E-state index contributed by atoms with van der Waals surface area (Å²) in [6.45, 7) is 4.26. The second-order valence-corrected chi connectivity index (χ2v) is 6.61. The quantitative estimate of drug-likeness (QED) is 0.695. The number of rotatable bonds is 1. The Morgan fingerprint density at radius 2 is 1.55 bits per heavy atom. The standard InChI is InChI=1S/C17H14F6N4O2/c1-7-4-5-10(6-8(7)2)27-12-11(13(28)25-14(27)29)15(16(18,19)20,17(21,22)23)26-9(3)24-12/h4-6H,1-3H3,(H,24,26)(H,25,28,29). The zero-order chi connectivity index (χ0) is 21.9. The molecule has 0 spiro atoms. The smallest absolute Gasteiger partial charge is 0.329 e. The number of aliphatic imine (C=N–C) groups is 1. The molecule has 1 aliphatic rings. The summed E-state index contributed by atoms with van der Waals surface area (Å²) in [6, 6.07) is 4.29. The van der Waals surface area contributed by atoms with E-state index in [1.807, 2.05) is 0 Å². The van der Waals surface area contributed by atoms with E-state index in [2.05, 4.69) is 10.3 Å². The highest BCUT2D eigenvalue weighted by Gasteiger charge is 2.75. The Morgan fingerprint density at radius 3 is 2.07 bits per heavy atom. The normalized spacial score (nSPS) is 16.1. The lowest BCUT2D eigenvalue weighted by Gasteiger charge is -2.38. The lowest BCUT2D eigenvalue weighted by atomic mass is 9.88. The number of hydrogen-bond acceptors (Lipinski definition) is 4. The SMILES string of the molecule is CC1=NC(C(F)(F)F)(C(F)(F)F)c2c(n(-c3ccc(C)c(C)c3)c(=O)[nH]c2=O)N1. The van der Waals surface area contributed by atoms with Crippen molar-refractivity contribution in [1.29, 1.82) is 0 Å². The van der Waals surface area contributed by atoms with Gasteiger partial charge in [0.1, 0.15) is 17.2 Å². The second-order valence-electron chi connectivity index (χ2n) is 6.61. The van der Waals surface area contributed by atoms with Crippen LogP contribution in [-0.2, 0) is 5.54 Å². The highest BCUT2D eigenvalue weighted by Crippen LogP contribution is 2.55. The van der Waals surface area contributed by atoms with Gasteiger partial charge in [-0.15, -0.1) is 0 Å². The number of amidine groups is 1. The molecule has 1 aromatic heterocycles. The number of fused-ring (bicyclic) bond motifs is 1. The molecule has 0 unspecified atom stereocenters. The van der Waals surface area contributed by atoms with Crippen LogP contribution >= 0.6 is 0 Å². The van der Waals surface area contributed by atoms with Gasteiger partial charge in [-0.1, -0.05) is 6.07 Å². The van der Waals surface area contributed by atoms with Crippen LogP contribution in [-0.4, -0.2) is 27.7 Å². The predicted molar refractivity (Wildman–Crippen MR) is 92.7 cm³/mol. The molecule has 29 heavy (non-hydrogen) atoms. The maximum atomic E-state index is 13.8. The van der Waals surface area contributed by atoms with E-state index in [4.69, 9.17) is 0 Å². The molecule has 0 aliphatic carbocycles. The van der Waals surface area contributed by atoms with Crippen molar-refractivity contribution in [1.82, 2.24) is 9.55 Å². The molecule has 156 valence electrons. The van der Waals surface area contributed by atoms with Gasteiger partial charge in [0, 0.05) is 0 Å². The maximum Gasteiger partial charge on any atom is 0.427 e. The van der Waals surface area contributed by atoms with E-state index in [1.54, 1.807) is 24.9 Å². The van der Waals surface area contributed by atoms with Crippen molar-refractivity contribution in [3.8, 4) is 5.69 Å². The number of H-pyrrole nitrogens is 1. The van der Waals surface area contributed by atoms with Crippen LogP contribution in [0.4, 0.5) is 32.2 Å². The molecule has 6 nitrogen and oxygen atoms in total. The van der Waals surface area contributed by atoms with Crippen molar-refractivity contribution in [2.24, 2.45) is 4.99 Å². The summed E-state index contributed by atoms with van der Waals surface area (Å²) in [4.78, 5) is 28.9. The largest absolute Gasteiger partial charge is 0.427 e. The molecule has 2 aromatic rings. The highest BCUT2D eigenvalue weighted by atomic mass is 19.4. The molecule has 0 saturated heterocycles. The first-order valence-electron chi connectivity index (χ1n) is 8.15. The minimum Gasteiger partial charge on any atom is -0.329 e. The number of aromatic nitrogens is 2. The average molecular weight is 420 g/mol. The van der Waals surface area contributed by atoms with Gasteiger partial charge < -0.3 is 5.32 Å². The van der Waals surface area contributed by atoms with Gasteiger partial charge in [-0.3, -0.25) is 9.78 Å². The molecule has 1 aromatic carbocycles. The molecule has 2 N–H and O–H groups in total. The first-order chi connectivity index (χ1) is 13.2. The van der Waals surface area contributed by atoms with E-state index in [0.29, 0.717) is 10.1 Å². The number of aromatic amines is 1. The van der Waals surface area contributed by atoms with Gasteiger partial charge in [0.15, 0.2) is 0 Å². The number of hydrogen-bond donors (Lipinski definition) is 2. The molecule has 0 amide bonds. The Morgan fingerprint density at radius 1 is 0.966 bits per heavy atom. The van der Waals surface area contributed by atoms with Gasteiger partial charge in [0.2, 0.25) is 0 Å². The van der Waals surface area contributed by atoms with Crippen molar-refractivity contribution >= 4 is 11.7 Å². The van der Waals surface area contributed by atoms with Crippen molar-refractivity contribution in [3.05, 3.63) is 55.7 Å². The van der Waals surface area contributed by atoms with Gasteiger partial charge in [0.25, 0.3) is 11.1 Å². The Bertz CT molecular complexity index is 1130. The number of nitrogens with zero attached hydrogens (tertiary/aromatic N) is 2. The second kappa shape index (κ2) is 6.22. The lowest BCUT2D eigenvalue weighted by Crippen LogP contribution is -2.59. The van der Waals surface area contributed by atoms with E-state index in [9.17, 15) is 35.9 Å². The monoisotopic (exact) mass is 420 g/mol. The topological polar surface area (TPSA) is 79.2 Å². The Balaban J connectivity index is 2.52. The Kier molecular flexibility index (Phi) is 4.44. The third-order valence-electron chi connectivity index (χ3n) is 4.68. The number of nitrogens with one attached hydrogen (secondary N) is 2. The van der Waals surface area contributed by atoms with Crippen molar-refractivity contribution in [2.45, 2.75) is 38.7 Å². The van der Waals surface area contributed by atoms with Crippen LogP contribution in [0.5, 0.6) is 0 Å². The summed E-state index contributed by atoms with van der Waals surface area (Å²) in [5.74, 6) is -1.70. The molecule has 12 heteroatoms. The van der Waals surface area contributed by atoms with Gasteiger partial charge in [0.05, 0.1) is 5.69 Å². The summed E-state index contributed by atoms with van der Waals surface area (Å²) in [6.07, 6.45) is -12.0. The van der Waals surface area contributed by atoms with Gasteiger partial charge >= 0.3 is 18.0 Å². The van der Waals surface area contributed by atoms with Crippen LogP contribution in [0.2, 0.25) is 0 Å². The molecular formula is C17H14F6N4O2. The van der Waals surface area contributed by atoms with E-state index < -0.39 is 46.4 Å². The fourth-order valence-corrected chi connectivity index (χ4v) is 3.18. The number of halogens is 6. The Labute approximate surface area is 158 Å². The van der Waals surface area contributed by atoms with Gasteiger partial charge in [-0.05, 0) is 44.0 Å². The van der Waals surface area contributed by atoms with Crippen molar-refractivity contribution in [3.63, 3.8) is 0 Å². The summed E-state index contributed by atoms with van der Waals surface area (Å²) in [5.41, 5.74) is -8.21. The van der Waals surface area contributed by atoms with E-state index in [1.165, 1.54) is 12.1 Å². The van der Waals surface area contributed by atoms with E-state index in [-0.39, 0.29) is 5.69 Å².